The molecule has 0 radical (unpaired) electrons. The maximum atomic E-state index is 13.8. The highest BCUT2D eigenvalue weighted by atomic mass is 19.1. The third-order valence-electron chi connectivity index (χ3n) is 3.87. The van der Waals surface area contributed by atoms with Gasteiger partial charge in [-0.1, -0.05) is 18.2 Å². The van der Waals surface area contributed by atoms with Crippen LogP contribution in [0.5, 0.6) is 0 Å². The SMILES string of the molecule is O=C1CN(C(=O)c2cccn(Cc3ccccc3F)c2=O)CCN1. The molecule has 2 heterocycles. The molecular formula is C17H16FN3O3. The van der Waals surface area contributed by atoms with Crippen molar-refractivity contribution in [3.63, 3.8) is 0 Å². The van der Waals surface area contributed by atoms with Crippen LogP contribution >= 0.6 is 0 Å². The molecule has 6 nitrogen and oxygen atoms in total. The van der Waals surface area contributed by atoms with Crippen molar-refractivity contribution in [3.05, 3.63) is 69.9 Å². The number of carbonyl (C=O) groups is 2. The van der Waals surface area contributed by atoms with Gasteiger partial charge < -0.3 is 14.8 Å². The van der Waals surface area contributed by atoms with Gasteiger partial charge >= 0.3 is 0 Å². The number of aromatic nitrogens is 1. The second-order valence-corrected chi connectivity index (χ2v) is 5.52. The van der Waals surface area contributed by atoms with E-state index in [1.54, 1.807) is 24.3 Å². The van der Waals surface area contributed by atoms with E-state index in [2.05, 4.69) is 5.32 Å². The summed E-state index contributed by atoms with van der Waals surface area (Å²) < 4.78 is 15.1. The van der Waals surface area contributed by atoms with Gasteiger partial charge in [-0.15, -0.1) is 0 Å². The Morgan fingerprint density at radius 2 is 1.96 bits per heavy atom. The van der Waals surface area contributed by atoms with Crippen molar-refractivity contribution < 1.29 is 14.0 Å². The third kappa shape index (κ3) is 3.19. The average molecular weight is 329 g/mol. The van der Waals surface area contributed by atoms with Crippen molar-refractivity contribution in [1.29, 1.82) is 0 Å². The maximum absolute atomic E-state index is 13.8. The van der Waals surface area contributed by atoms with Crippen LogP contribution in [-0.2, 0) is 11.3 Å². The maximum Gasteiger partial charge on any atom is 0.263 e. The van der Waals surface area contributed by atoms with E-state index in [-0.39, 0.29) is 24.6 Å². The fourth-order valence-corrected chi connectivity index (χ4v) is 2.62. The van der Waals surface area contributed by atoms with E-state index < -0.39 is 17.3 Å². The van der Waals surface area contributed by atoms with E-state index in [9.17, 15) is 18.8 Å². The molecule has 0 saturated carbocycles. The van der Waals surface area contributed by atoms with Crippen LogP contribution in [-0.4, -0.2) is 40.9 Å². The van der Waals surface area contributed by atoms with E-state index in [0.717, 1.165) is 0 Å². The molecule has 1 saturated heterocycles. The van der Waals surface area contributed by atoms with Crippen LogP contribution in [0.15, 0.2) is 47.4 Å². The van der Waals surface area contributed by atoms with E-state index >= 15 is 0 Å². The summed E-state index contributed by atoms with van der Waals surface area (Å²) in [5.41, 5.74) is -0.165. The summed E-state index contributed by atoms with van der Waals surface area (Å²) in [6.45, 7) is 0.681. The molecule has 1 aliphatic heterocycles. The van der Waals surface area contributed by atoms with Crippen molar-refractivity contribution in [1.82, 2.24) is 14.8 Å². The average Bonchev–Trinajstić information content (AvgIpc) is 2.58. The number of halogens is 1. The lowest BCUT2D eigenvalue weighted by Gasteiger charge is -2.26. The van der Waals surface area contributed by atoms with Crippen LogP contribution < -0.4 is 10.9 Å². The Kier molecular flexibility index (Phi) is 4.41. The Morgan fingerprint density at radius 3 is 2.71 bits per heavy atom. The highest BCUT2D eigenvalue weighted by Crippen LogP contribution is 2.08. The highest BCUT2D eigenvalue weighted by Gasteiger charge is 2.24. The first-order valence-electron chi connectivity index (χ1n) is 7.55. The fraction of sp³-hybridized carbons (Fsp3) is 0.235. The van der Waals surface area contributed by atoms with Gasteiger partial charge in [0.1, 0.15) is 11.4 Å². The smallest absolute Gasteiger partial charge is 0.263 e. The molecule has 0 aliphatic carbocycles. The number of hydrogen-bond donors (Lipinski definition) is 1. The quantitative estimate of drug-likeness (QED) is 0.897. The zero-order valence-electron chi connectivity index (χ0n) is 12.9. The van der Waals surface area contributed by atoms with Gasteiger partial charge in [0.15, 0.2) is 0 Å². The summed E-state index contributed by atoms with van der Waals surface area (Å²) in [4.78, 5) is 37.8. The number of nitrogens with one attached hydrogen (secondary N) is 1. The molecule has 0 bridgehead atoms. The summed E-state index contributed by atoms with van der Waals surface area (Å²) in [6.07, 6.45) is 1.51. The predicted octanol–water partition coefficient (Wildman–Crippen LogP) is 0.608. The van der Waals surface area contributed by atoms with E-state index in [1.165, 1.54) is 27.8 Å². The van der Waals surface area contributed by atoms with Gasteiger partial charge in [-0.05, 0) is 18.2 Å². The number of pyridine rings is 1. The lowest BCUT2D eigenvalue weighted by molar-refractivity contribution is -0.123. The lowest BCUT2D eigenvalue weighted by Crippen LogP contribution is -2.51. The molecule has 0 spiro atoms. The molecule has 1 fully saturated rings. The second-order valence-electron chi connectivity index (χ2n) is 5.52. The number of rotatable bonds is 3. The van der Waals surface area contributed by atoms with Crippen molar-refractivity contribution in [2.45, 2.75) is 6.54 Å². The molecule has 1 aliphatic rings. The molecule has 7 heteroatoms. The summed E-state index contributed by atoms with van der Waals surface area (Å²) in [5.74, 6) is -1.15. The van der Waals surface area contributed by atoms with Crippen molar-refractivity contribution in [2.24, 2.45) is 0 Å². The van der Waals surface area contributed by atoms with Gasteiger partial charge in [-0.25, -0.2) is 4.39 Å². The minimum atomic E-state index is -0.503. The molecule has 0 unspecified atom stereocenters. The van der Waals surface area contributed by atoms with Crippen LogP contribution in [0.1, 0.15) is 15.9 Å². The third-order valence-corrected chi connectivity index (χ3v) is 3.87. The monoisotopic (exact) mass is 329 g/mol. The van der Waals surface area contributed by atoms with Crippen molar-refractivity contribution in [2.75, 3.05) is 19.6 Å². The minimum Gasteiger partial charge on any atom is -0.353 e. The summed E-state index contributed by atoms with van der Waals surface area (Å²) in [7, 11) is 0. The molecule has 0 atom stereocenters. The van der Waals surface area contributed by atoms with Crippen LogP contribution in [0.3, 0.4) is 0 Å². The molecule has 1 aromatic carbocycles. The van der Waals surface area contributed by atoms with Gasteiger partial charge in [0.2, 0.25) is 5.91 Å². The first kappa shape index (κ1) is 15.9. The minimum absolute atomic E-state index is 0.0245. The molecule has 1 aromatic heterocycles. The molecule has 124 valence electrons. The molecule has 1 N–H and O–H groups in total. The number of nitrogens with zero attached hydrogens (tertiary/aromatic N) is 2. The van der Waals surface area contributed by atoms with Crippen molar-refractivity contribution >= 4 is 11.8 Å². The van der Waals surface area contributed by atoms with Crippen LogP contribution in [0, 0.1) is 5.82 Å². The molecular weight excluding hydrogens is 313 g/mol. The van der Waals surface area contributed by atoms with E-state index in [1.807, 2.05) is 0 Å². The number of carbonyl (C=O) groups excluding carboxylic acids is 2. The van der Waals surface area contributed by atoms with Gasteiger partial charge in [0, 0.05) is 24.8 Å². The van der Waals surface area contributed by atoms with Gasteiger partial charge in [0.05, 0.1) is 13.1 Å². The predicted molar refractivity (Wildman–Crippen MR) is 85.1 cm³/mol. The summed E-state index contributed by atoms with van der Waals surface area (Å²) >= 11 is 0. The number of benzene rings is 1. The number of piperazine rings is 1. The molecule has 2 amide bonds. The topological polar surface area (TPSA) is 71.4 Å². The Bertz CT molecular complexity index is 847. The van der Waals surface area contributed by atoms with E-state index in [4.69, 9.17) is 0 Å². The lowest BCUT2D eigenvalue weighted by atomic mass is 10.2. The standard InChI is InChI=1S/C17H16FN3O3/c18-14-6-2-1-4-12(14)10-20-8-3-5-13(16(20)23)17(24)21-9-7-19-15(22)11-21/h1-6,8H,7,9-11H2,(H,19,22). The van der Waals surface area contributed by atoms with Crippen LogP contribution in [0.4, 0.5) is 4.39 Å². The largest absolute Gasteiger partial charge is 0.353 e. The number of amides is 2. The Hall–Kier alpha value is -2.96. The normalized spacial score (nSPS) is 14.4. The summed E-state index contributed by atoms with van der Waals surface area (Å²) in [5, 5.41) is 2.63. The first-order chi connectivity index (χ1) is 11.6. The Labute approximate surface area is 137 Å². The van der Waals surface area contributed by atoms with Crippen LogP contribution in [0.25, 0.3) is 0 Å². The van der Waals surface area contributed by atoms with Crippen LogP contribution in [0.2, 0.25) is 0 Å². The van der Waals surface area contributed by atoms with E-state index in [0.29, 0.717) is 18.7 Å². The zero-order chi connectivity index (χ0) is 17.1. The van der Waals surface area contributed by atoms with Gasteiger partial charge in [-0.2, -0.15) is 0 Å². The second kappa shape index (κ2) is 6.66. The summed E-state index contributed by atoms with van der Waals surface area (Å²) in [6, 6.07) is 9.16. The van der Waals surface area contributed by atoms with Crippen molar-refractivity contribution in [3.8, 4) is 0 Å². The Morgan fingerprint density at radius 1 is 1.17 bits per heavy atom. The van der Waals surface area contributed by atoms with Gasteiger partial charge in [0.25, 0.3) is 11.5 Å². The molecule has 2 aromatic rings. The zero-order valence-corrected chi connectivity index (χ0v) is 12.9. The first-order valence-corrected chi connectivity index (χ1v) is 7.55. The van der Waals surface area contributed by atoms with Gasteiger partial charge in [-0.3, -0.25) is 14.4 Å². The fourth-order valence-electron chi connectivity index (χ4n) is 2.62. The Balaban J connectivity index is 1.88. The molecule has 24 heavy (non-hydrogen) atoms. The number of hydrogen-bond acceptors (Lipinski definition) is 3. The molecule has 3 rings (SSSR count). The highest BCUT2D eigenvalue weighted by molar-refractivity contribution is 5.96.